The Bertz CT molecular complexity index is 568. The number of benzene rings is 2. The first-order chi connectivity index (χ1) is 9.08. The van der Waals surface area contributed by atoms with Gasteiger partial charge >= 0.3 is 0 Å². The van der Waals surface area contributed by atoms with Gasteiger partial charge < -0.3 is 5.32 Å². The fourth-order valence-corrected chi connectivity index (χ4v) is 2.16. The van der Waals surface area contributed by atoms with E-state index in [1.54, 1.807) is 12.1 Å². The zero-order valence-electron chi connectivity index (χ0n) is 11.1. The third-order valence-corrected chi connectivity index (χ3v) is 3.59. The van der Waals surface area contributed by atoms with Crippen LogP contribution in [0, 0.1) is 12.7 Å². The van der Waals surface area contributed by atoms with Gasteiger partial charge in [-0.15, -0.1) is 0 Å². The minimum atomic E-state index is -0.378. The van der Waals surface area contributed by atoms with Crippen LogP contribution in [0.15, 0.2) is 42.5 Å². The second-order valence-electron chi connectivity index (χ2n) is 4.70. The van der Waals surface area contributed by atoms with E-state index in [1.165, 1.54) is 17.2 Å². The van der Waals surface area contributed by atoms with E-state index in [0.29, 0.717) is 0 Å². The van der Waals surface area contributed by atoms with Crippen LogP contribution < -0.4 is 5.32 Å². The summed E-state index contributed by atoms with van der Waals surface area (Å²) in [6.45, 7) is 4.92. The molecular weight excluding hydrogens is 261 g/mol. The maximum Gasteiger partial charge on any atom is 0.141 e. The van der Waals surface area contributed by atoms with Crippen molar-refractivity contribution < 1.29 is 4.39 Å². The zero-order chi connectivity index (χ0) is 13.8. The van der Waals surface area contributed by atoms with E-state index < -0.39 is 0 Å². The molecule has 0 aromatic heterocycles. The molecule has 1 unspecified atom stereocenters. The van der Waals surface area contributed by atoms with Gasteiger partial charge in [-0.3, -0.25) is 0 Å². The molecule has 0 amide bonds. The zero-order valence-corrected chi connectivity index (χ0v) is 11.8. The van der Waals surface area contributed by atoms with Crippen molar-refractivity contribution in [3.63, 3.8) is 0 Å². The van der Waals surface area contributed by atoms with E-state index in [4.69, 9.17) is 11.6 Å². The number of nitrogens with one attached hydrogen (secondary N) is 1. The molecule has 3 heteroatoms. The molecule has 1 atom stereocenters. The molecule has 1 nitrogen and oxygen atoms in total. The average Bonchev–Trinajstić information content (AvgIpc) is 2.40. The highest BCUT2D eigenvalue weighted by Crippen LogP contribution is 2.21. The van der Waals surface area contributed by atoms with Crippen molar-refractivity contribution in [2.45, 2.75) is 26.4 Å². The molecule has 0 saturated carbocycles. The molecule has 0 spiro atoms. The van der Waals surface area contributed by atoms with Gasteiger partial charge in [0, 0.05) is 12.6 Å². The maximum absolute atomic E-state index is 13.1. The van der Waals surface area contributed by atoms with Gasteiger partial charge in [0.2, 0.25) is 0 Å². The summed E-state index contributed by atoms with van der Waals surface area (Å²) in [5.41, 5.74) is 3.52. The lowest BCUT2D eigenvalue weighted by Gasteiger charge is -2.15. The minimum Gasteiger partial charge on any atom is -0.306 e. The quantitative estimate of drug-likeness (QED) is 0.858. The normalized spacial score (nSPS) is 12.4. The Labute approximate surface area is 118 Å². The molecule has 2 aromatic rings. The second-order valence-corrected chi connectivity index (χ2v) is 5.11. The summed E-state index contributed by atoms with van der Waals surface area (Å²) in [6.07, 6.45) is 0. The van der Waals surface area contributed by atoms with E-state index in [2.05, 4.69) is 24.4 Å². The molecule has 100 valence electrons. The Morgan fingerprint density at radius 2 is 1.95 bits per heavy atom. The summed E-state index contributed by atoms with van der Waals surface area (Å²) in [7, 11) is 0. The van der Waals surface area contributed by atoms with Crippen LogP contribution in [0.25, 0.3) is 0 Å². The molecule has 0 radical (unpaired) electrons. The monoisotopic (exact) mass is 277 g/mol. The molecule has 19 heavy (non-hydrogen) atoms. The number of rotatable bonds is 4. The van der Waals surface area contributed by atoms with Crippen LogP contribution in [0.4, 0.5) is 4.39 Å². The van der Waals surface area contributed by atoms with Crippen LogP contribution >= 0.6 is 11.6 Å². The maximum atomic E-state index is 13.1. The van der Waals surface area contributed by atoms with Crippen molar-refractivity contribution in [2.75, 3.05) is 0 Å². The number of hydrogen-bond acceptors (Lipinski definition) is 1. The van der Waals surface area contributed by atoms with E-state index in [9.17, 15) is 4.39 Å². The molecular formula is C16H17ClFN. The highest BCUT2D eigenvalue weighted by atomic mass is 35.5. The number of aryl methyl sites for hydroxylation is 1. The summed E-state index contributed by atoms with van der Waals surface area (Å²) >= 11 is 5.80. The first kappa shape index (κ1) is 14.0. The topological polar surface area (TPSA) is 12.0 Å². The summed E-state index contributed by atoms with van der Waals surface area (Å²) in [4.78, 5) is 0. The Balaban J connectivity index is 2.03. The van der Waals surface area contributed by atoms with Crippen LogP contribution in [0.3, 0.4) is 0 Å². The lowest BCUT2D eigenvalue weighted by atomic mass is 10.1. The molecule has 0 aliphatic heterocycles. The van der Waals surface area contributed by atoms with Gasteiger partial charge in [0.15, 0.2) is 0 Å². The van der Waals surface area contributed by atoms with E-state index in [0.717, 1.165) is 12.1 Å². The van der Waals surface area contributed by atoms with Gasteiger partial charge in [0.05, 0.1) is 5.02 Å². The number of halogens is 2. The van der Waals surface area contributed by atoms with Crippen LogP contribution in [0.5, 0.6) is 0 Å². The van der Waals surface area contributed by atoms with E-state index in [1.807, 2.05) is 19.1 Å². The van der Waals surface area contributed by atoms with E-state index >= 15 is 0 Å². The molecule has 0 saturated heterocycles. The van der Waals surface area contributed by atoms with Crippen molar-refractivity contribution in [3.05, 3.63) is 70.0 Å². The second kappa shape index (κ2) is 6.18. The average molecular weight is 278 g/mol. The SMILES string of the molecule is Cc1ccccc1CNC(C)c1ccc(F)c(Cl)c1. The van der Waals surface area contributed by atoms with Crippen molar-refractivity contribution in [2.24, 2.45) is 0 Å². The Hall–Kier alpha value is -1.38. The molecule has 2 aromatic carbocycles. The van der Waals surface area contributed by atoms with Crippen LogP contribution in [-0.4, -0.2) is 0 Å². The molecule has 0 aliphatic rings. The van der Waals surface area contributed by atoms with Gasteiger partial charge in [0.25, 0.3) is 0 Å². The smallest absolute Gasteiger partial charge is 0.141 e. The van der Waals surface area contributed by atoms with Gasteiger partial charge in [-0.25, -0.2) is 4.39 Å². The lowest BCUT2D eigenvalue weighted by Crippen LogP contribution is -2.18. The van der Waals surface area contributed by atoms with Gasteiger partial charge in [0.1, 0.15) is 5.82 Å². The predicted octanol–water partition coefficient (Wildman–Crippen LogP) is 4.64. The number of hydrogen-bond donors (Lipinski definition) is 1. The van der Waals surface area contributed by atoms with Crippen LogP contribution in [0.2, 0.25) is 5.02 Å². The van der Waals surface area contributed by atoms with Crippen molar-refractivity contribution >= 4 is 11.6 Å². The van der Waals surface area contributed by atoms with Crippen LogP contribution in [-0.2, 0) is 6.54 Å². The summed E-state index contributed by atoms with van der Waals surface area (Å²) in [6, 6.07) is 13.2. The Morgan fingerprint density at radius 1 is 1.21 bits per heavy atom. The largest absolute Gasteiger partial charge is 0.306 e. The first-order valence-corrected chi connectivity index (χ1v) is 6.68. The highest BCUT2D eigenvalue weighted by Gasteiger charge is 2.08. The third-order valence-electron chi connectivity index (χ3n) is 3.30. The molecule has 0 fully saturated rings. The van der Waals surface area contributed by atoms with Crippen LogP contribution in [0.1, 0.15) is 29.7 Å². The Morgan fingerprint density at radius 3 is 2.63 bits per heavy atom. The molecule has 0 bridgehead atoms. The first-order valence-electron chi connectivity index (χ1n) is 6.31. The van der Waals surface area contributed by atoms with Gasteiger partial charge in [-0.05, 0) is 42.7 Å². The fourth-order valence-electron chi connectivity index (χ4n) is 1.97. The fraction of sp³-hybridized carbons (Fsp3) is 0.250. The third kappa shape index (κ3) is 3.55. The molecule has 0 heterocycles. The standard InChI is InChI=1S/C16H17ClFN/c1-11-5-3-4-6-14(11)10-19-12(2)13-7-8-16(18)15(17)9-13/h3-9,12,19H,10H2,1-2H3. The van der Waals surface area contributed by atoms with Crippen molar-refractivity contribution in [1.29, 1.82) is 0 Å². The highest BCUT2D eigenvalue weighted by molar-refractivity contribution is 6.30. The van der Waals surface area contributed by atoms with E-state index in [-0.39, 0.29) is 16.9 Å². The minimum absolute atomic E-state index is 0.123. The van der Waals surface area contributed by atoms with Crippen molar-refractivity contribution in [1.82, 2.24) is 5.32 Å². The Kier molecular flexibility index (Phi) is 4.56. The molecule has 0 aliphatic carbocycles. The van der Waals surface area contributed by atoms with Crippen molar-refractivity contribution in [3.8, 4) is 0 Å². The predicted molar refractivity (Wildman–Crippen MR) is 77.8 cm³/mol. The summed E-state index contributed by atoms with van der Waals surface area (Å²) in [5.74, 6) is -0.378. The van der Waals surface area contributed by atoms with Gasteiger partial charge in [-0.1, -0.05) is 41.9 Å². The molecule has 2 rings (SSSR count). The van der Waals surface area contributed by atoms with Gasteiger partial charge in [-0.2, -0.15) is 0 Å². The summed E-state index contributed by atoms with van der Waals surface area (Å²) in [5, 5.41) is 3.59. The lowest BCUT2D eigenvalue weighted by molar-refractivity contribution is 0.570. The summed E-state index contributed by atoms with van der Waals surface area (Å²) < 4.78 is 13.1. The molecule has 1 N–H and O–H groups in total.